The number of ether oxygens (including phenoxy) is 1. The molecule has 0 saturated carbocycles. The van der Waals surface area contributed by atoms with Crippen LogP contribution in [0.15, 0.2) is 90.0 Å². The molecule has 0 spiro atoms. The summed E-state index contributed by atoms with van der Waals surface area (Å²) < 4.78 is 5.61. The lowest BCUT2D eigenvalue weighted by Crippen LogP contribution is -2.32. The number of nitrogens with one attached hydrogen (secondary N) is 2. The van der Waals surface area contributed by atoms with E-state index in [0.717, 1.165) is 16.3 Å². The lowest BCUT2D eigenvalue weighted by Gasteiger charge is -2.11. The number of hydrazone groups is 1. The maximum atomic E-state index is 12.7. The quantitative estimate of drug-likeness (QED) is 0.135. The Hall–Kier alpha value is -4.49. The number of halogens is 1. The van der Waals surface area contributed by atoms with Crippen LogP contribution in [0.2, 0.25) is 5.02 Å². The molecule has 2 N–H and O–H groups in total. The van der Waals surface area contributed by atoms with Crippen molar-refractivity contribution in [3.8, 4) is 5.75 Å². The van der Waals surface area contributed by atoms with E-state index in [4.69, 9.17) is 16.3 Å². The topological polar surface area (TPSA) is 96.9 Å². The van der Waals surface area contributed by atoms with Gasteiger partial charge in [-0.1, -0.05) is 66.2 Å². The lowest BCUT2D eigenvalue weighted by molar-refractivity contribution is -0.136. The minimum absolute atomic E-state index is 0.214. The Bertz CT molecular complexity index is 1470. The number of carbonyl (C=O) groups excluding carboxylic acids is 3. The molecule has 8 heteroatoms. The molecule has 4 aromatic rings. The lowest BCUT2D eigenvalue weighted by atomic mass is 10.0. The normalized spacial score (nSPS) is 10.8. The number of hydrogen-bond donors (Lipinski definition) is 2. The Morgan fingerprint density at radius 1 is 0.886 bits per heavy atom. The van der Waals surface area contributed by atoms with Crippen LogP contribution in [0.1, 0.15) is 21.5 Å². The van der Waals surface area contributed by atoms with Crippen molar-refractivity contribution in [1.82, 2.24) is 5.43 Å². The first-order valence-electron chi connectivity index (χ1n) is 10.6. The molecule has 7 nitrogen and oxygen atoms in total. The maximum absolute atomic E-state index is 12.7. The van der Waals surface area contributed by atoms with Crippen LogP contribution in [0.5, 0.6) is 5.75 Å². The van der Waals surface area contributed by atoms with Crippen molar-refractivity contribution in [2.24, 2.45) is 5.10 Å². The first kappa shape index (κ1) is 23.7. The molecule has 0 heterocycles. The van der Waals surface area contributed by atoms with Crippen LogP contribution >= 0.6 is 11.6 Å². The van der Waals surface area contributed by atoms with Gasteiger partial charge in [0.15, 0.2) is 0 Å². The van der Waals surface area contributed by atoms with E-state index in [1.165, 1.54) is 6.21 Å². The minimum Gasteiger partial charge on any atom is -0.422 e. The number of esters is 1. The highest BCUT2D eigenvalue weighted by Gasteiger charge is 2.16. The number of amides is 2. The minimum atomic E-state index is -0.947. The third-order valence-corrected chi connectivity index (χ3v) is 5.40. The number of carbonyl (C=O) groups is 3. The number of rotatable bonds is 5. The summed E-state index contributed by atoms with van der Waals surface area (Å²) >= 11 is 6.12. The van der Waals surface area contributed by atoms with Gasteiger partial charge in [-0.25, -0.2) is 10.2 Å². The van der Waals surface area contributed by atoms with E-state index >= 15 is 0 Å². The summed E-state index contributed by atoms with van der Waals surface area (Å²) in [6.07, 6.45) is 1.33. The molecule has 35 heavy (non-hydrogen) atoms. The monoisotopic (exact) mass is 485 g/mol. The molecule has 0 radical (unpaired) electrons. The molecule has 0 aliphatic heterocycles. The van der Waals surface area contributed by atoms with Gasteiger partial charge in [0.2, 0.25) is 0 Å². The smallest absolute Gasteiger partial charge is 0.345 e. The molecule has 0 unspecified atom stereocenters. The van der Waals surface area contributed by atoms with Gasteiger partial charge in [-0.2, -0.15) is 5.10 Å². The van der Waals surface area contributed by atoms with Crippen LogP contribution < -0.4 is 15.5 Å². The van der Waals surface area contributed by atoms with Crippen molar-refractivity contribution in [3.05, 3.63) is 107 Å². The second-order valence-electron chi connectivity index (χ2n) is 7.59. The van der Waals surface area contributed by atoms with Gasteiger partial charge >= 0.3 is 17.8 Å². The zero-order valence-electron chi connectivity index (χ0n) is 18.6. The molecule has 0 fully saturated rings. The fraction of sp³-hybridized carbons (Fsp3) is 0.0370. The van der Waals surface area contributed by atoms with E-state index in [9.17, 15) is 14.4 Å². The number of benzene rings is 4. The van der Waals surface area contributed by atoms with E-state index in [2.05, 4.69) is 15.8 Å². The van der Waals surface area contributed by atoms with Crippen molar-refractivity contribution in [1.29, 1.82) is 0 Å². The third kappa shape index (κ3) is 5.72. The molecule has 4 rings (SSSR count). The first-order chi connectivity index (χ1) is 16.9. The molecule has 2 amide bonds. The molecule has 0 aliphatic carbocycles. The van der Waals surface area contributed by atoms with Gasteiger partial charge in [-0.05, 0) is 53.6 Å². The summed E-state index contributed by atoms with van der Waals surface area (Å²) in [4.78, 5) is 37.2. The van der Waals surface area contributed by atoms with Gasteiger partial charge < -0.3 is 10.1 Å². The second-order valence-corrected chi connectivity index (χ2v) is 8.00. The summed E-state index contributed by atoms with van der Waals surface area (Å²) in [6, 6.07) is 24.5. The second kappa shape index (κ2) is 10.6. The van der Waals surface area contributed by atoms with Gasteiger partial charge in [-0.15, -0.1) is 0 Å². The molecule has 174 valence electrons. The van der Waals surface area contributed by atoms with Crippen molar-refractivity contribution in [2.75, 3.05) is 5.32 Å². The molecule has 0 saturated heterocycles. The molecular weight excluding hydrogens is 466 g/mol. The Morgan fingerprint density at radius 2 is 1.66 bits per heavy atom. The Kier molecular flexibility index (Phi) is 7.18. The fourth-order valence-electron chi connectivity index (χ4n) is 3.40. The van der Waals surface area contributed by atoms with Crippen LogP contribution in [-0.4, -0.2) is 24.0 Å². The van der Waals surface area contributed by atoms with E-state index in [1.54, 1.807) is 54.6 Å². The molecule has 0 aromatic heterocycles. The van der Waals surface area contributed by atoms with Gasteiger partial charge in [0.25, 0.3) is 0 Å². The zero-order chi connectivity index (χ0) is 24.8. The van der Waals surface area contributed by atoms with Crippen LogP contribution in [0.4, 0.5) is 5.69 Å². The van der Waals surface area contributed by atoms with E-state index in [0.29, 0.717) is 11.3 Å². The highest BCUT2D eigenvalue weighted by molar-refractivity contribution is 6.39. The van der Waals surface area contributed by atoms with Crippen molar-refractivity contribution in [3.63, 3.8) is 0 Å². The highest BCUT2D eigenvalue weighted by atomic mass is 35.5. The zero-order valence-corrected chi connectivity index (χ0v) is 19.4. The number of hydrogen-bond acceptors (Lipinski definition) is 5. The molecular formula is C27H20ClN3O4. The van der Waals surface area contributed by atoms with Gasteiger partial charge in [0.1, 0.15) is 5.75 Å². The Labute approximate surface area is 206 Å². The Balaban J connectivity index is 1.55. The third-order valence-electron chi connectivity index (χ3n) is 5.07. The SMILES string of the molecule is Cc1cccc(NC(=O)C(=O)N/N=C\c2c(OC(=O)c3ccccc3Cl)ccc3ccccc23)c1. The largest absolute Gasteiger partial charge is 0.422 e. The van der Waals surface area contributed by atoms with Crippen molar-refractivity contribution >= 4 is 52.1 Å². The van der Waals surface area contributed by atoms with Crippen LogP contribution in [0, 0.1) is 6.92 Å². The predicted molar refractivity (Wildman–Crippen MR) is 136 cm³/mol. The van der Waals surface area contributed by atoms with Crippen LogP contribution in [0.3, 0.4) is 0 Å². The average molecular weight is 486 g/mol. The summed E-state index contributed by atoms with van der Waals surface area (Å²) in [5, 5.41) is 8.31. The van der Waals surface area contributed by atoms with E-state index in [-0.39, 0.29) is 16.3 Å². The summed E-state index contributed by atoms with van der Waals surface area (Å²) in [6.45, 7) is 1.88. The molecule has 0 aliphatic rings. The van der Waals surface area contributed by atoms with E-state index in [1.807, 2.05) is 37.3 Å². The number of nitrogens with zero attached hydrogens (tertiary/aromatic N) is 1. The summed E-state index contributed by atoms with van der Waals surface area (Å²) in [5.41, 5.74) is 4.31. The maximum Gasteiger partial charge on any atom is 0.345 e. The Morgan fingerprint density at radius 3 is 2.46 bits per heavy atom. The summed E-state index contributed by atoms with van der Waals surface area (Å²) in [7, 11) is 0. The van der Waals surface area contributed by atoms with Crippen molar-refractivity contribution in [2.45, 2.75) is 6.92 Å². The molecule has 4 aromatic carbocycles. The number of aryl methyl sites for hydroxylation is 1. The van der Waals surface area contributed by atoms with Gasteiger partial charge in [0.05, 0.1) is 16.8 Å². The number of anilines is 1. The average Bonchev–Trinajstić information content (AvgIpc) is 2.85. The standard InChI is InChI=1S/C27H20ClN3O4/c1-17-7-6-9-19(15-17)30-25(32)26(33)31-29-16-22-20-10-3-2-8-18(20)13-14-24(22)35-27(34)21-11-4-5-12-23(21)28/h2-16H,1H3,(H,30,32)(H,31,33)/b29-16-. The highest BCUT2D eigenvalue weighted by Crippen LogP contribution is 2.28. The van der Waals surface area contributed by atoms with Crippen molar-refractivity contribution < 1.29 is 19.1 Å². The number of fused-ring (bicyclic) bond motifs is 1. The van der Waals surface area contributed by atoms with Crippen LogP contribution in [-0.2, 0) is 9.59 Å². The molecule has 0 atom stereocenters. The van der Waals surface area contributed by atoms with E-state index < -0.39 is 17.8 Å². The summed E-state index contributed by atoms with van der Waals surface area (Å²) in [5.74, 6) is -2.23. The first-order valence-corrected chi connectivity index (χ1v) is 11.0. The van der Waals surface area contributed by atoms with Gasteiger partial charge in [0, 0.05) is 11.3 Å². The van der Waals surface area contributed by atoms with Gasteiger partial charge in [-0.3, -0.25) is 9.59 Å². The van der Waals surface area contributed by atoms with Crippen LogP contribution in [0.25, 0.3) is 10.8 Å². The fourth-order valence-corrected chi connectivity index (χ4v) is 3.61. The predicted octanol–water partition coefficient (Wildman–Crippen LogP) is 5.11. The molecule has 0 bridgehead atoms.